The standard InChI is InChI=1S/C18H21N2O2.H2O/c19-18(22)16-9-6-15(7-10-16)12-13-20-17(21)11-8-14-4-2-1-3-5-14;/h1-7,9-10,18H,8,11-13,19H2,(H,20,21);1H2/q-1;/p-1. The van der Waals surface area contributed by atoms with E-state index in [4.69, 9.17) is 5.73 Å². The lowest BCUT2D eigenvalue weighted by atomic mass is 10.1. The first-order valence-corrected chi connectivity index (χ1v) is 7.46. The maximum Gasteiger partial charge on any atom is 0.220 e. The van der Waals surface area contributed by atoms with Crippen molar-refractivity contribution in [1.29, 1.82) is 0 Å². The third kappa shape index (κ3) is 6.61. The predicted octanol–water partition coefficient (Wildman–Crippen LogP) is 1.12. The zero-order valence-corrected chi connectivity index (χ0v) is 12.9. The Morgan fingerprint density at radius 2 is 1.61 bits per heavy atom. The molecule has 2 aromatic rings. The van der Waals surface area contributed by atoms with Crippen molar-refractivity contribution in [2.45, 2.75) is 25.5 Å². The summed E-state index contributed by atoms with van der Waals surface area (Å²) in [4.78, 5) is 11.8. The molecule has 4 N–H and O–H groups in total. The third-order valence-electron chi connectivity index (χ3n) is 3.53. The molecule has 0 heterocycles. The van der Waals surface area contributed by atoms with Crippen LogP contribution in [0.1, 0.15) is 29.3 Å². The summed E-state index contributed by atoms with van der Waals surface area (Å²) in [5.74, 6) is 0.0575. The van der Waals surface area contributed by atoms with E-state index in [9.17, 15) is 9.90 Å². The van der Waals surface area contributed by atoms with Crippen LogP contribution in [-0.4, -0.2) is 17.9 Å². The maximum absolute atomic E-state index is 11.8. The van der Waals surface area contributed by atoms with Gasteiger partial charge in [0.2, 0.25) is 5.91 Å². The molecule has 0 spiro atoms. The van der Waals surface area contributed by atoms with E-state index in [0.29, 0.717) is 18.5 Å². The van der Waals surface area contributed by atoms with Gasteiger partial charge in [-0.05, 0) is 29.5 Å². The monoisotopic (exact) mass is 314 g/mol. The molecule has 1 atom stereocenters. The van der Waals surface area contributed by atoms with Crippen molar-refractivity contribution in [2.75, 3.05) is 6.54 Å². The SMILES string of the molecule is NC([O-])c1ccc(CCNC(=O)CCc2ccccc2)cc1.[OH-]. The van der Waals surface area contributed by atoms with E-state index < -0.39 is 6.23 Å². The van der Waals surface area contributed by atoms with E-state index in [1.807, 2.05) is 42.5 Å². The summed E-state index contributed by atoms with van der Waals surface area (Å²) in [5, 5.41) is 14.0. The van der Waals surface area contributed by atoms with E-state index in [1.54, 1.807) is 12.1 Å². The van der Waals surface area contributed by atoms with Crippen LogP contribution in [0.2, 0.25) is 0 Å². The van der Waals surface area contributed by atoms with Crippen LogP contribution in [0.25, 0.3) is 0 Å². The summed E-state index contributed by atoms with van der Waals surface area (Å²) in [6.07, 6.45) is 0.800. The Hall–Kier alpha value is -2.21. The average Bonchev–Trinajstić information content (AvgIpc) is 2.54. The largest absolute Gasteiger partial charge is 0.870 e. The molecule has 0 aliphatic heterocycles. The fourth-order valence-corrected chi connectivity index (χ4v) is 2.21. The minimum Gasteiger partial charge on any atom is -0.870 e. The fraction of sp³-hybridized carbons (Fsp3) is 0.278. The summed E-state index contributed by atoms with van der Waals surface area (Å²) < 4.78 is 0. The summed E-state index contributed by atoms with van der Waals surface area (Å²) in [5.41, 5.74) is 8.10. The van der Waals surface area contributed by atoms with Crippen LogP contribution in [0.15, 0.2) is 54.6 Å². The molecule has 0 radical (unpaired) electrons. The lowest BCUT2D eigenvalue weighted by Crippen LogP contribution is -2.26. The van der Waals surface area contributed by atoms with Crippen LogP contribution in [0, 0.1) is 0 Å². The lowest BCUT2D eigenvalue weighted by Gasteiger charge is -2.16. The van der Waals surface area contributed by atoms with Gasteiger partial charge in [0.1, 0.15) is 0 Å². The third-order valence-corrected chi connectivity index (χ3v) is 3.53. The number of benzene rings is 2. The minimum absolute atomic E-state index is 0. The number of carbonyl (C=O) groups is 1. The Morgan fingerprint density at radius 1 is 1.00 bits per heavy atom. The van der Waals surface area contributed by atoms with Crippen molar-refractivity contribution < 1.29 is 15.4 Å². The van der Waals surface area contributed by atoms with Crippen LogP contribution in [0.3, 0.4) is 0 Å². The van der Waals surface area contributed by atoms with Gasteiger partial charge in [-0.3, -0.25) is 4.79 Å². The number of hydrogen-bond acceptors (Lipinski definition) is 4. The topological polar surface area (TPSA) is 108 Å². The molecule has 2 aromatic carbocycles. The zero-order valence-electron chi connectivity index (χ0n) is 12.9. The van der Waals surface area contributed by atoms with Crippen molar-refractivity contribution in [2.24, 2.45) is 5.73 Å². The molecule has 0 aliphatic carbocycles. The molecule has 0 bridgehead atoms. The normalized spacial score (nSPS) is 11.4. The van der Waals surface area contributed by atoms with Crippen molar-refractivity contribution in [3.05, 3.63) is 71.3 Å². The van der Waals surface area contributed by atoms with Gasteiger partial charge in [-0.2, -0.15) is 0 Å². The van der Waals surface area contributed by atoms with E-state index in [-0.39, 0.29) is 11.4 Å². The molecule has 0 aromatic heterocycles. The van der Waals surface area contributed by atoms with Gasteiger partial charge in [0.05, 0.1) is 0 Å². The highest BCUT2D eigenvalue weighted by Crippen LogP contribution is 2.08. The van der Waals surface area contributed by atoms with Gasteiger partial charge >= 0.3 is 0 Å². The molecule has 1 amide bonds. The molecule has 0 saturated heterocycles. The van der Waals surface area contributed by atoms with Crippen molar-refractivity contribution >= 4 is 5.91 Å². The number of amides is 1. The van der Waals surface area contributed by atoms with Crippen molar-refractivity contribution in [1.82, 2.24) is 5.32 Å². The summed E-state index contributed by atoms with van der Waals surface area (Å²) in [6, 6.07) is 17.2. The minimum atomic E-state index is -1.19. The molecule has 0 saturated carbocycles. The Balaban J connectivity index is 0.00000264. The van der Waals surface area contributed by atoms with Gasteiger partial charge < -0.3 is 21.6 Å². The highest BCUT2D eigenvalue weighted by atomic mass is 16.3. The van der Waals surface area contributed by atoms with Crippen LogP contribution >= 0.6 is 0 Å². The molecule has 1 unspecified atom stereocenters. The maximum atomic E-state index is 11.8. The van der Waals surface area contributed by atoms with Gasteiger partial charge in [-0.15, -0.1) is 0 Å². The Bertz CT molecular complexity index is 583. The van der Waals surface area contributed by atoms with Crippen molar-refractivity contribution in [3.8, 4) is 0 Å². The Kier molecular flexibility index (Phi) is 7.97. The second-order valence-corrected chi connectivity index (χ2v) is 5.25. The quantitative estimate of drug-likeness (QED) is 0.746. The van der Waals surface area contributed by atoms with E-state index in [1.165, 1.54) is 5.56 Å². The smallest absolute Gasteiger partial charge is 0.220 e. The number of aryl methyl sites for hydroxylation is 1. The first kappa shape index (κ1) is 18.8. The van der Waals surface area contributed by atoms with Gasteiger partial charge in [-0.25, -0.2) is 0 Å². The highest BCUT2D eigenvalue weighted by molar-refractivity contribution is 5.76. The molecular formula is C18H22N2O3-2. The van der Waals surface area contributed by atoms with Gasteiger partial charge in [0, 0.05) is 13.0 Å². The van der Waals surface area contributed by atoms with Crippen LogP contribution in [0.4, 0.5) is 0 Å². The zero-order chi connectivity index (χ0) is 15.8. The first-order valence-electron chi connectivity index (χ1n) is 7.46. The molecule has 5 heteroatoms. The molecule has 2 rings (SSSR count). The summed E-state index contributed by atoms with van der Waals surface area (Å²) in [7, 11) is 0. The summed E-state index contributed by atoms with van der Waals surface area (Å²) in [6.45, 7) is 0.594. The van der Waals surface area contributed by atoms with Gasteiger partial charge in [0.25, 0.3) is 0 Å². The molecule has 0 fully saturated rings. The second-order valence-electron chi connectivity index (χ2n) is 5.25. The number of carbonyl (C=O) groups excluding carboxylic acids is 1. The predicted molar refractivity (Wildman–Crippen MR) is 86.8 cm³/mol. The van der Waals surface area contributed by atoms with Crippen LogP contribution in [0.5, 0.6) is 0 Å². The van der Waals surface area contributed by atoms with E-state index >= 15 is 0 Å². The summed E-state index contributed by atoms with van der Waals surface area (Å²) >= 11 is 0. The number of rotatable bonds is 7. The highest BCUT2D eigenvalue weighted by Gasteiger charge is 2.02. The van der Waals surface area contributed by atoms with Crippen molar-refractivity contribution in [3.63, 3.8) is 0 Å². The van der Waals surface area contributed by atoms with E-state index in [2.05, 4.69) is 5.32 Å². The molecule has 23 heavy (non-hydrogen) atoms. The van der Waals surface area contributed by atoms with E-state index in [0.717, 1.165) is 18.4 Å². The molecule has 5 nitrogen and oxygen atoms in total. The van der Waals surface area contributed by atoms with Gasteiger partial charge in [0.15, 0.2) is 0 Å². The lowest BCUT2D eigenvalue weighted by molar-refractivity contribution is -0.424. The fourth-order valence-electron chi connectivity index (χ4n) is 2.21. The first-order chi connectivity index (χ1) is 10.6. The molecule has 0 aliphatic rings. The van der Waals surface area contributed by atoms with Crippen LogP contribution in [-0.2, 0) is 17.6 Å². The molecule has 124 valence electrons. The number of nitrogens with one attached hydrogen (secondary N) is 1. The number of hydrogen-bond donors (Lipinski definition) is 2. The second kappa shape index (κ2) is 9.74. The molecular weight excluding hydrogens is 292 g/mol. The Labute approximate surface area is 136 Å². The average molecular weight is 314 g/mol. The van der Waals surface area contributed by atoms with Gasteiger partial charge in [-0.1, -0.05) is 60.8 Å². The van der Waals surface area contributed by atoms with Crippen LogP contribution < -0.4 is 16.2 Å². The Morgan fingerprint density at radius 3 is 2.22 bits per heavy atom. The number of nitrogens with two attached hydrogens (primary N) is 1.